The first kappa shape index (κ1) is 35.4. The van der Waals surface area contributed by atoms with Gasteiger partial charge in [-0.2, -0.15) is 0 Å². The topological polar surface area (TPSA) is 40.6 Å². The normalized spacial score (nSPS) is 19.5. The monoisotopic (exact) mass is 718 g/mol. The molecule has 0 unspecified atom stereocenters. The number of hydrogen-bond donors (Lipinski definition) is 0. The molecule has 6 aromatic carbocycles. The molecule has 52 heavy (non-hydrogen) atoms. The average molecular weight is 719 g/mol. The summed E-state index contributed by atoms with van der Waals surface area (Å²) in [6.45, 7) is 3.33. The van der Waals surface area contributed by atoms with Gasteiger partial charge in [0.2, 0.25) is 11.8 Å². The molecule has 2 aliphatic rings. The number of hydrogen-bond acceptors (Lipinski definition) is 4. The van der Waals surface area contributed by atoms with Crippen LogP contribution >= 0.6 is 23.5 Å². The van der Waals surface area contributed by atoms with Crippen molar-refractivity contribution < 1.29 is 9.59 Å². The summed E-state index contributed by atoms with van der Waals surface area (Å²) in [5, 5.41) is 0.596. The maximum atomic E-state index is 12.7. The zero-order chi connectivity index (χ0) is 35.9. The fourth-order valence-corrected chi connectivity index (χ4v) is 9.95. The quantitative estimate of drug-likeness (QED) is 0.182. The van der Waals surface area contributed by atoms with E-state index in [1.807, 2.05) is 57.6 Å². The summed E-state index contributed by atoms with van der Waals surface area (Å²) in [7, 11) is 0. The van der Waals surface area contributed by atoms with Gasteiger partial charge in [0, 0.05) is 34.1 Å². The SMILES string of the molecule is CC(=O)N1c2ccccc2S[C@@H](c2ccccc2)C[C@@H]1c1ccccc1.CC(=O)N1c2ccccc2S[C@@H](c2ccccc2)C[C@@H]1c1ccccc1. The Hall–Kier alpha value is -5.04. The van der Waals surface area contributed by atoms with Crippen LogP contribution in [0.1, 0.15) is 71.5 Å². The maximum Gasteiger partial charge on any atom is 0.224 e. The molecule has 8 rings (SSSR count). The molecule has 0 radical (unpaired) electrons. The predicted molar refractivity (Wildman–Crippen MR) is 217 cm³/mol. The van der Waals surface area contributed by atoms with Crippen LogP contribution in [0, 0.1) is 0 Å². The van der Waals surface area contributed by atoms with Gasteiger partial charge < -0.3 is 9.80 Å². The number of anilines is 2. The van der Waals surface area contributed by atoms with E-state index in [4.69, 9.17) is 0 Å². The fourth-order valence-electron chi connectivity index (χ4n) is 7.31. The van der Waals surface area contributed by atoms with Crippen LogP contribution in [0.5, 0.6) is 0 Å². The number of carbonyl (C=O) groups excluding carboxylic acids is 2. The van der Waals surface area contributed by atoms with Crippen LogP contribution in [0.25, 0.3) is 0 Å². The Kier molecular flexibility index (Phi) is 11.2. The van der Waals surface area contributed by atoms with Crippen LogP contribution in [0.2, 0.25) is 0 Å². The van der Waals surface area contributed by atoms with Crippen LogP contribution in [-0.4, -0.2) is 11.8 Å². The van der Waals surface area contributed by atoms with Gasteiger partial charge in [-0.05, 0) is 59.4 Å². The molecule has 4 atom stereocenters. The van der Waals surface area contributed by atoms with E-state index in [1.54, 1.807) is 13.8 Å². The van der Waals surface area contributed by atoms with Gasteiger partial charge >= 0.3 is 0 Å². The van der Waals surface area contributed by atoms with Crippen molar-refractivity contribution in [2.24, 2.45) is 0 Å². The number of para-hydroxylation sites is 2. The van der Waals surface area contributed by atoms with E-state index in [2.05, 4.69) is 146 Å². The minimum Gasteiger partial charge on any atom is -0.304 e. The third kappa shape index (κ3) is 7.89. The number of thioether (sulfide) groups is 2. The van der Waals surface area contributed by atoms with Crippen molar-refractivity contribution in [1.82, 2.24) is 0 Å². The highest BCUT2D eigenvalue weighted by Crippen LogP contribution is 2.52. The molecule has 2 heterocycles. The van der Waals surface area contributed by atoms with Gasteiger partial charge in [0.15, 0.2) is 0 Å². The van der Waals surface area contributed by atoms with Gasteiger partial charge in [-0.3, -0.25) is 9.59 Å². The van der Waals surface area contributed by atoms with Crippen molar-refractivity contribution in [2.75, 3.05) is 9.80 Å². The summed E-state index contributed by atoms with van der Waals surface area (Å²) >= 11 is 3.71. The molecule has 0 N–H and O–H groups in total. The summed E-state index contributed by atoms with van der Waals surface area (Å²) in [6, 6.07) is 58.5. The summed E-state index contributed by atoms with van der Waals surface area (Å²) < 4.78 is 0. The standard InChI is InChI=1S/2C23H21NOS/c2*1-17(25)24-20-14-8-9-15-22(20)26-23(19-12-6-3-7-13-19)16-21(24)18-10-4-2-5-11-18/h2*2-15,21,23H,16H2,1H3/t2*21-,23-/m11/s1. The molecule has 6 heteroatoms. The Labute approximate surface area is 315 Å². The lowest BCUT2D eigenvalue weighted by Crippen LogP contribution is -2.33. The number of benzene rings is 6. The molecule has 0 aromatic heterocycles. The number of nitrogens with zero attached hydrogens (tertiary/aromatic N) is 2. The number of amides is 2. The number of fused-ring (bicyclic) bond motifs is 2. The average Bonchev–Trinajstić information content (AvgIpc) is 3.49. The van der Waals surface area contributed by atoms with E-state index in [9.17, 15) is 9.59 Å². The number of carbonyl (C=O) groups is 2. The molecular weight excluding hydrogens is 677 g/mol. The summed E-state index contributed by atoms with van der Waals surface area (Å²) in [5.74, 6) is 0.168. The molecule has 0 aliphatic carbocycles. The third-order valence-electron chi connectivity index (χ3n) is 9.68. The fraction of sp³-hybridized carbons (Fsp3) is 0.174. The Bertz CT molecular complexity index is 1940. The molecule has 0 bridgehead atoms. The summed E-state index contributed by atoms with van der Waals surface area (Å²) in [6.07, 6.45) is 1.76. The lowest BCUT2D eigenvalue weighted by Gasteiger charge is -2.31. The maximum absolute atomic E-state index is 12.7. The molecular formula is C46H42N2O2S2. The first-order valence-electron chi connectivity index (χ1n) is 17.8. The molecule has 2 aliphatic heterocycles. The van der Waals surface area contributed by atoms with Crippen molar-refractivity contribution >= 4 is 46.7 Å². The highest BCUT2D eigenvalue weighted by Gasteiger charge is 2.35. The van der Waals surface area contributed by atoms with Crippen molar-refractivity contribution in [3.8, 4) is 0 Å². The summed E-state index contributed by atoms with van der Waals surface area (Å²) in [4.78, 5) is 31.6. The van der Waals surface area contributed by atoms with Crippen LogP contribution < -0.4 is 9.80 Å². The lowest BCUT2D eigenvalue weighted by atomic mass is 9.96. The highest BCUT2D eigenvalue weighted by atomic mass is 32.2. The first-order valence-corrected chi connectivity index (χ1v) is 19.5. The van der Waals surface area contributed by atoms with E-state index in [0.717, 1.165) is 34.0 Å². The zero-order valence-corrected chi connectivity index (χ0v) is 31.0. The van der Waals surface area contributed by atoms with E-state index in [1.165, 1.54) is 22.3 Å². The Morgan fingerprint density at radius 1 is 0.423 bits per heavy atom. The Morgan fingerprint density at radius 3 is 1.04 bits per heavy atom. The minimum absolute atomic E-state index is 0.0232. The van der Waals surface area contributed by atoms with Crippen LogP contribution in [-0.2, 0) is 9.59 Å². The van der Waals surface area contributed by atoms with Crippen molar-refractivity contribution in [1.29, 1.82) is 0 Å². The highest BCUT2D eigenvalue weighted by molar-refractivity contribution is 8.00. The van der Waals surface area contributed by atoms with Gasteiger partial charge in [-0.15, -0.1) is 23.5 Å². The van der Waals surface area contributed by atoms with Gasteiger partial charge in [-0.25, -0.2) is 0 Å². The van der Waals surface area contributed by atoms with Crippen molar-refractivity contribution in [3.63, 3.8) is 0 Å². The molecule has 2 amide bonds. The smallest absolute Gasteiger partial charge is 0.224 e. The van der Waals surface area contributed by atoms with E-state index in [-0.39, 0.29) is 23.9 Å². The Balaban J connectivity index is 0.000000162. The predicted octanol–water partition coefficient (Wildman–Crippen LogP) is 12.0. The lowest BCUT2D eigenvalue weighted by molar-refractivity contribution is -0.118. The largest absolute Gasteiger partial charge is 0.304 e. The van der Waals surface area contributed by atoms with Crippen LogP contribution in [0.4, 0.5) is 11.4 Å². The molecule has 260 valence electrons. The zero-order valence-electron chi connectivity index (χ0n) is 29.4. The number of rotatable bonds is 4. The molecule has 0 fully saturated rings. The Morgan fingerprint density at radius 2 is 0.712 bits per heavy atom. The van der Waals surface area contributed by atoms with Crippen molar-refractivity contribution in [2.45, 2.75) is 59.1 Å². The third-order valence-corrected chi connectivity index (χ3v) is 12.4. The second-order valence-corrected chi connectivity index (χ2v) is 15.6. The van der Waals surface area contributed by atoms with E-state index in [0.29, 0.717) is 10.5 Å². The van der Waals surface area contributed by atoms with Gasteiger partial charge in [0.1, 0.15) is 0 Å². The second-order valence-electron chi connectivity index (χ2n) is 13.1. The van der Waals surface area contributed by atoms with Crippen LogP contribution in [0.3, 0.4) is 0 Å². The van der Waals surface area contributed by atoms with E-state index < -0.39 is 0 Å². The van der Waals surface area contributed by atoms with Gasteiger partial charge in [0.05, 0.1) is 23.5 Å². The summed E-state index contributed by atoms with van der Waals surface area (Å²) in [5.41, 5.74) is 6.99. The van der Waals surface area contributed by atoms with Gasteiger partial charge in [0.25, 0.3) is 0 Å². The molecule has 6 aromatic rings. The minimum atomic E-state index is 0.0232. The molecule has 4 nitrogen and oxygen atoms in total. The molecule has 0 spiro atoms. The van der Waals surface area contributed by atoms with Gasteiger partial charge in [-0.1, -0.05) is 146 Å². The van der Waals surface area contributed by atoms with E-state index >= 15 is 0 Å². The van der Waals surface area contributed by atoms with Crippen LogP contribution in [0.15, 0.2) is 180 Å². The van der Waals surface area contributed by atoms with Crippen molar-refractivity contribution in [3.05, 3.63) is 192 Å². The molecule has 0 saturated heterocycles. The molecule has 0 saturated carbocycles. The first-order chi connectivity index (χ1) is 25.5. The second kappa shape index (κ2) is 16.5.